The van der Waals surface area contributed by atoms with Crippen LogP contribution < -0.4 is 5.73 Å². The van der Waals surface area contributed by atoms with Gasteiger partial charge in [-0.05, 0) is 6.07 Å². The molecule has 2 aromatic rings. The fourth-order valence-corrected chi connectivity index (χ4v) is 1.59. The third kappa shape index (κ3) is 2.10. The van der Waals surface area contributed by atoms with E-state index < -0.39 is 5.97 Å². The molecule has 1 aromatic heterocycles. The Labute approximate surface area is 99.1 Å². The zero-order valence-corrected chi connectivity index (χ0v) is 9.38. The summed E-state index contributed by atoms with van der Waals surface area (Å²) < 4.78 is 4.66. The van der Waals surface area contributed by atoms with Crippen molar-refractivity contribution >= 4 is 11.7 Å². The summed E-state index contributed by atoms with van der Waals surface area (Å²) in [5.74, 6) is -0.456. The van der Waals surface area contributed by atoms with Gasteiger partial charge in [0.1, 0.15) is 0 Å². The molecule has 0 radical (unpaired) electrons. The molecule has 1 aromatic carbocycles. The van der Waals surface area contributed by atoms with Gasteiger partial charge in [-0.25, -0.2) is 4.79 Å². The molecule has 0 aliphatic rings. The highest BCUT2D eigenvalue weighted by molar-refractivity contribution is 5.98. The van der Waals surface area contributed by atoms with Crippen molar-refractivity contribution in [2.45, 2.75) is 0 Å². The van der Waals surface area contributed by atoms with Crippen LogP contribution in [-0.4, -0.2) is 18.1 Å². The maximum Gasteiger partial charge on any atom is 0.340 e. The van der Waals surface area contributed by atoms with E-state index in [2.05, 4.69) is 9.72 Å². The Bertz CT molecular complexity index is 538. The number of pyridine rings is 1. The first kappa shape index (κ1) is 11.1. The van der Waals surface area contributed by atoms with Crippen LogP contribution in [0.2, 0.25) is 0 Å². The van der Waals surface area contributed by atoms with Crippen molar-refractivity contribution < 1.29 is 9.53 Å². The number of anilines is 1. The first-order valence-electron chi connectivity index (χ1n) is 5.12. The summed E-state index contributed by atoms with van der Waals surface area (Å²) in [5.41, 5.74) is 8.06. The van der Waals surface area contributed by atoms with Crippen LogP contribution in [0.15, 0.2) is 42.6 Å². The lowest BCUT2D eigenvalue weighted by molar-refractivity contribution is 0.0602. The monoisotopic (exact) mass is 228 g/mol. The molecule has 0 aliphatic carbocycles. The number of nitrogens with zero attached hydrogens (tertiary/aromatic N) is 1. The summed E-state index contributed by atoms with van der Waals surface area (Å²) in [6, 6.07) is 11.0. The topological polar surface area (TPSA) is 65.2 Å². The zero-order valence-electron chi connectivity index (χ0n) is 9.38. The van der Waals surface area contributed by atoms with Crippen molar-refractivity contribution in [1.29, 1.82) is 0 Å². The Balaban J connectivity index is 2.54. The lowest BCUT2D eigenvalue weighted by Gasteiger charge is -2.08. The third-order valence-corrected chi connectivity index (χ3v) is 2.44. The van der Waals surface area contributed by atoms with Crippen molar-refractivity contribution in [2.24, 2.45) is 0 Å². The number of esters is 1. The van der Waals surface area contributed by atoms with E-state index in [-0.39, 0.29) is 0 Å². The van der Waals surface area contributed by atoms with Gasteiger partial charge in [0.15, 0.2) is 0 Å². The number of hydrogen-bond acceptors (Lipinski definition) is 4. The summed E-state index contributed by atoms with van der Waals surface area (Å²) in [5, 5.41) is 0. The molecular formula is C13H12N2O2. The van der Waals surface area contributed by atoms with Crippen molar-refractivity contribution in [3.8, 4) is 11.3 Å². The second-order valence-corrected chi connectivity index (χ2v) is 3.48. The van der Waals surface area contributed by atoms with Crippen LogP contribution in [0.5, 0.6) is 0 Å². The summed E-state index contributed by atoms with van der Waals surface area (Å²) in [6.45, 7) is 0. The van der Waals surface area contributed by atoms with E-state index in [4.69, 9.17) is 5.73 Å². The summed E-state index contributed by atoms with van der Waals surface area (Å²) in [4.78, 5) is 15.7. The zero-order chi connectivity index (χ0) is 12.3. The molecular weight excluding hydrogens is 216 g/mol. The van der Waals surface area contributed by atoms with E-state index in [1.165, 1.54) is 7.11 Å². The molecule has 0 bridgehead atoms. The maximum atomic E-state index is 11.5. The van der Waals surface area contributed by atoms with Crippen LogP contribution in [0.1, 0.15) is 10.4 Å². The molecule has 0 saturated carbocycles. The van der Waals surface area contributed by atoms with Crippen molar-refractivity contribution in [2.75, 3.05) is 12.8 Å². The van der Waals surface area contributed by atoms with Gasteiger partial charge in [-0.15, -0.1) is 0 Å². The smallest absolute Gasteiger partial charge is 0.340 e. The fraction of sp³-hybridized carbons (Fsp3) is 0.0769. The minimum absolute atomic E-state index is 0.335. The average Bonchev–Trinajstić information content (AvgIpc) is 2.39. The van der Waals surface area contributed by atoms with E-state index in [1.807, 2.05) is 30.3 Å². The van der Waals surface area contributed by atoms with Crippen molar-refractivity contribution in [3.63, 3.8) is 0 Å². The minimum Gasteiger partial charge on any atom is -0.465 e. The molecule has 0 saturated heterocycles. The number of aromatic nitrogens is 1. The largest absolute Gasteiger partial charge is 0.465 e. The number of rotatable bonds is 2. The van der Waals surface area contributed by atoms with Crippen LogP contribution >= 0.6 is 0 Å². The highest BCUT2D eigenvalue weighted by atomic mass is 16.5. The third-order valence-electron chi connectivity index (χ3n) is 2.44. The van der Waals surface area contributed by atoms with Gasteiger partial charge in [0.2, 0.25) is 0 Å². The number of nitrogens with two attached hydrogens (primary N) is 1. The molecule has 1 heterocycles. The van der Waals surface area contributed by atoms with Gasteiger partial charge in [-0.1, -0.05) is 30.3 Å². The lowest BCUT2D eigenvalue weighted by atomic mass is 10.1. The molecule has 2 N–H and O–H groups in total. The molecule has 0 atom stereocenters. The molecule has 4 heteroatoms. The number of methoxy groups -OCH3 is 1. The van der Waals surface area contributed by atoms with Gasteiger partial charge in [0, 0.05) is 11.8 Å². The van der Waals surface area contributed by atoms with E-state index in [9.17, 15) is 4.79 Å². The molecule has 86 valence electrons. The number of hydrogen-bond donors (Lipinski definition) is 1. The predicted octanol–water partition coefficient (Wildman–Crippen LogP) is 2.12. The van der Waals surface area contributed by atoms with Crippen LogP contribution in [0, 0.1) is 0 Å². The Kier molecular flexibility index (Phi) is 3.05. The first-order valence-corrected chi connectivity index (χ1v) is 5.12. The Morgan fingerprint density at radius 2 is 1.94 bits per heavy atom. The van der Waals surface area contributed by atoms with E-state index in [0.29, 0.717) is 16.9 Å². The molecule has 4 nitrogen and oxygen atoms in total. The van der Waals surface area contributed by atoms with Gasteiger partial charge in [0.25, 0.3) is 0 Å². The van der Waals surface area contributed by atoms with Gasteiger partial charge in [0.05, 0.1) is 24.1 Å². The normalized spacial score (nSPS) is 9.94. The molecule has 0 fully saturated rings. The highest BCUT2D eigenvalue weighted by Crippen LogP contribution is 2.26. The molecule has 0 spiro atoms. The summed E-state index contributed by atoms with van der Waals surface area (Å²) >= 11 is 0. The second-order valence-electron chi connectivity index (χ2n) is 3.48. The number of carbonyl (C=O) groups excluding carboxylic acids is 1. The van der Waals surface area contributed by atoms with Crippen LogP contribution in [0.25, 0.3) is 11.3 Å². The average molecular weight is 228 g/mol. The van der Waals surface area contributed by atoms with Gasteiger partial charge in [-0.3, -0.25) is 4.98 Å². The van der Waals surface area contributed by atoms with Gasteiger partial charge < -0.3 is 10.5 Å². The number of benzene rings is 1. The van der Waals surface area contributed by atoms with Crippen molar-refractivity contribution in [3.05, 3.63) is 48.2 Å². The Morgan fingerprint density at radius 1 is 1.24 bits per heavy atom. The van der Waals surface area contributed by atoms with E-state index in [0.717, 1.165) is 5.56 Å². The summed E-state index contributed by atoms with van der Waals surface area (Å²) in [7, 11) is 1.32. The lowest BCUT2D eigenvalue weighted by Crippen LogP contribution is -2.07. The molecule has 0 aliphatic heterocycles. The van der Waals surface area contributed by atoms with Gasteiger partial charge in [-0.2, -0.15) is 0 Å². The Morgan fingerprint density at radius 3 is 2.59 bits per heavy atom. The molecule has 2 rings (SSSR count). The van der Waals surface area contributed by atoms with E-state index in [1.54, 1.807) is 12.3 Å². The molecule has 17 heavy (non-hydrogen) atoms. The quantitative estimate of drug-likeness (QED) is 0.799. The van der Waals surface area contributed by atoms with Crippen LogP contribution in [0.3, 0.4) is 0 Å². The minimum atomic E-state index is -0.456. The second kappa shape index (κ2) is 4.65. The Hall–Kier alpha value is -2.36. The standard InChI is InChI=1S/C13H12N2O2/c1-17-13(16)10-7-8-15-12(11(10)14)9-5-3-2-4-6-9/h2-8H,14H2,1H3. The van der Waals surface area contributed by atoms with Crippen molar-refractivity contribution in [1.82, 2.24) is 4.98 Å². The first-order chi connectivity index (χ1) is 8.24. The predicted molar refractivity (Wildman–Crippen MR) is 65.4 cm³/mol. The molecule has 0 amide bonds. The fourth-order valence-electron chi connectivity index (χ4n) is 1.59. The number of carbonyl (C=O) groups is 1. The number of ether oxygens (including phenoxy) is 1. The van der Waals surface area contributed by atoms with Crippen LogP contribution in [-0.2, 0) is 4.74 Å². The van der Waals surface area contributed by atoms with Gasteiger partial charge >= 0.3 is 5.97 Å². The SMILES string of the molecule is COC(=O)c1ccnc(-c2ccccc2)c1N. The number of nitrogen functional groups attached to an aromatic ring is 1. The summed E-state index contributed by atoms with van der Waals surface area (Å²) in [6.07, 6.45) is 1.55. The van der Waals surface area contributed by atoms with Crippen LogP contribution in [0.4, 0.5) is 5.69 Å². The maximum absolute atomic E-state index is 11.5. The molecule has 0 unspecified atom stereocenters. The highest BCUT2D eigenvalue weighted by Gasteiger charge is 2.14. The van der Waals surface area contributed by atoms with E-state index >= 15 is 0 Å².